The topological polar surface area (TPSA) is 78.7 Å². The van der Waals surface area contributed by atoms with Crippen LogP contribution in [-0.2, 0) is 4.79 Å². The van der Waals surface area contributed by atoms with E-state index in [1.165, 1.54) is 12.1 Å². The first-order valence-electron chi connectivity index (χ1n) is 6.63. The van der Waals surface area contributed by atoms with E-state index >= 15 is 0 Å². The van der Waals surface area contributed by atoms with Crippen molar-refractivity contribution in [3.63, 3.8) is 0 Å². The molecule has 0 aromatic heterocycles. The number of nitrogens with one attached hydrogen (secondary N) is 1. The lowest BCUT2D eigenvalue weighted by Gasteiger charge is -2.35. The van der Waals surface area contributed by atoms with Crippen LogP contribution >= 0.6 is 0 Å². The molecule has 1 heterocycles. The Hall–Kier alpha value is -2.22. The number of hydrogen-bond acceptors (Lipinski definition) is 5. The van der Waals surface area contributed by atoms with Gasteiger partial charge >= 0.3 is 0 Å². The van der Waals surface area contributed by atoms with Crippen LogP contribution in [0.4, 0.5) is 15.8 Å². The van der Waals surface area contributed by atoms with Crippen LogP contribution in [-0.4, -0.2) is 55.5 Å². The van der Waals surface area contributed by atoms with E-state index in [-0.39, 0.29) is 11.6 Å². The van der Waals surface area contributed by atoms with E-state index in [0.29, 0.717) is 38.4 Å². The zero-order valence-corrected chi connectivity index (χ0v) is 11.7. The first-order chi connectivity index (χ1) is 10.0. The lowest BCUT2D eigenvalue weighted by atomic mass is 10.2. The molecule has 1 fully saturated rings. The number of benzene rings is 1. The molecule has 8 heteroatoms. The van der Waals surface area contributed by atoms with Gasteiger partial charge in [-0.3, -0.25) is 19.8 Å². The molecule has 1 saturated heterocycles. The van der Waals surface area contributed by atoms with Gasteiger partial charge in [-0.2, -0.15) is 0 Å². The Labute approximate surface area is 121 Å². The van der Waals surface area contributed by atoms with E-state index in [1.807, 2.05) is 9.80 Å². The molecule has 7 nitrogen and oxygen atoms in total. The van der Waals surface area contributed by atoms with Gasteiger partial charge in [0.25, 0.3) is 5.69 Å². The van der Waals surface area contributed by atoms with Crippen molar-refractivity contribution in [2.45, 2.75) is 0 Å². The van der Waals surface area contributed by atoms with E-state index in [0.717, 1.165) is 6.07 Å². The number of likely N-dealkylation sites (N-methyl/N-ethyl adjacent to an activating group) is 1. The first kappa shape index (κ1) is 15.2. The van der Waals surface area contributed by atoms with Crippen LogP contribution in [0.15, 0.2) is 18.2 Å². The van der Waals surface area contributed by atoms with Crippen LogP contribution in [0.5, 0.6) is 0 Å². The Kier molecular flexibility index (Phi) is 4.69. The molecular formula is C13H17FN4O3. The Balaban J connectivity index is 2.05. The summed E-state index contributed by atoms with van der Waals surface area (Å²) in [7, 11) is 1.58. The highest BCUT2D eigenvalue weighted by Crippen LogP contribution is 2.29. The number of rotatable bonds is 4. The Morgan fingerprint density at radius 3 is 2.62 bits per heavy atom. The maximum atomic E-state index is 13.1. The van der Waals surface area contributed by atoms with Crippen molar-refractivity contribution in [2.75, 3.05) is 44.7 Å². The van der Waals surface area contributed by atoms with E-state index in [9.17, 15) is 19.3 Å². The molecule has 21 heavy (non-hydrogen) atoms. The Bertz CT molecular complexity index is 544. The molecule has 0 saturated carbocycles. The van der Waals surface area contributed by atoms with Crippen molar-refractivity contribution in [1.29, 1.82) is 0 Å². The van der Waals surface area contributed by atoms with Crippen LogP contribution in [0.1, 0.15) is 0 Å². The predicted octanol–water partition coefficient (Wildman–Crippen LogP) is 0.602. The van der Waals surface area contributed by atoms with Gasteiger partial charge in [-0.05, 0) is 12.1 Å². The standard InChI is InChI=1S/C13H17FN4O3/c1-15-13(19)9-16-4-6-17(7-5-16)11-3-2-10(14)8-12(11)18(20)21/h2-3,8H,4-7,9H2,1H3,(H,15,19). The Morgan fingerprint density at radius 2 is 2.05 bits per heavy atom. The summed E-state index contributed by atoms with van der Waals surface area (Å²) >= 11 is 0. The van der Waals surface area contributed by atoms with Crippen LogP contribution in [0.3, 0.4) is 0 Å². The molecule has 0 atom stereocenters. The second-order valence-corrected chi connectivity index (χ2v) is 4.83. The van der Waals surface area contributed by atoms with Crippen LogP contribution in [0, 0.1) is 15.9 Å². The fourth-order valence-corrected chi connectivity index (χ4v) is 2.34. The molecule has 0 aliphatic carbocycles. The van der Waals surface area contributed by atoms with Crippen LogP contribution in [0.25, 0.3) is 0 Å². The maximum absolute atomic E-state index is 13.1. The van der Waals surface area contributed by atoms with Crippen LogP contribution in [0.2, 0.25) is 0 Å². The van der Waals surface area contributed by atoms with Crippen molar-refractivity contribution in [2.24, 2.45) is 0 Å². The molecular weight excluding hydrogens is 279 g/mol. The third kappa shape index (κ3) is 3.66. The van der Waals surface area contributed by atoms with Gasteiger partial charge < -0.3 is 10.2 Å². The van der Waals surface area contributed by atoms with Gasteiger partial charge in [0.15, 0.2) is 0 Å². The van der Waals surface area contributed by atoms with E-state index in [2.05, 4.69) is 5.32 Å². The minimum Gasteiger partial charge on any atom is -0.363 e. The molecule has 0 unspecified atom stereocenters. The van der Waals surface area contributed by atoms with Crippen molar-refractivity contribution < 1.29 is 14.1 Å². The highest BCUT2D eigenvalue weighted by atomic mass is 19.1. The van der Waals surface area contributed by atoms with E-state index in [4.69, 9.17) is 0 Å². The minimum absolute atomic E-state index is 0.0591. The molecule has 1 aliphatic rings. The molecule has 1 aromatic rings. The van der Waals surface area contributed by atoms with E-state index < -0.39 is 10.7 Å². The van der Waals surface area contributed by atoms with Gasteiger partial charge in [0.1, 0.15) is 11.5 Å². The quantitative estimate of drug-likeness (QED) is 0.650. The number of hydrogen-bond donors (Lipinski definition) is 1. The van der Waals surface area contributed by atoms with Crippen LogP contribution < -0.4 is 10.2 Å². The highest BCUT2D eigenvalue weighted by Gasteiger charge is 2.24. The summed E-state index contributed by atoms with van der Waals surface area (Å²) in [4.78, 5) is 25.6. The molecule has 1 N–H and O–H groups in total. The molecule has 0 radical (unpaired) electrons. The third-order valence-electron chi connectivity index (χ3n) is 3.49. The van der Waals surface area contributed by atoms with Gasteiger partial charge in [-0.15, -0.1) is 0 Å². The molecule has 114 valence electrons. The maximum Gasteiger partial charge on any atom is 0.295 e. The second-order valence-electron chi connectivity index (χ2n) is 4.83. The highest BCUT2D eigenvalue weighted by molar-refractivity contribution is 5.77. The van der Waals surface area contributed by atoms with Crippen molar-refractivity contribution in [3.8, 4) is 0 Å². The molecule has 1 amide bonds. The van der Waals surface area contributed by atoms with Crippen molar-refractivity contribution in [3.05, 3.63) is 34.1 Å². The summed E-state index contributed by atoms with van der Waals surface area (Å²) in [5.41, 5.74) is 0.191. The summed E-state index contributed by atoms with van der Waals surface area (Å²) in [6.07, 6.45) is 0. The fourth-order valence-electron chi connectivity index (χ4n) is 2.34. The third-order valence-corrected chi connectivity index (χ3v) is 3.49. The Morgan fingerprint density at radius 1 is 1.38 bits per heavy atom. The summed E-state index contributed by atoms with van der Waals surface area (Å²) in [5, 5.41) is 13.6. The van der Waals surface area contributed by atoms with Gasteiger partial charge in [0.05, 0.1) is 17.5 Å². The summed E-state index contributed by atoms with van der Waals surface area (Å²) < 4.78 is 13.1. The van der Waals surface area contributed by atoms with Gasteiger partial charge in [-0.25, -0.2) is 4.39 Å². The summed E-state index contributed by atoms with van der Waals surface area (Å²) in [6.45, 7) is 2.69. The van der Waals surface area contributed by atoms with Gasteiger partial charge in [0, 0.05) is 33.2 Å². The number of amides is 1. The number of nitrogens with zero attached hydrogens (tertiary/aromatic N) is 3. The monoisotopic (exact) mass is 296 g/mol. The van der Waals surface area contributed by atoms with E-state index in [1.54, 1.807) is 7.05 Å². The van der Waals surface area contributed by atoms with Crippen molar-refractivity contribution >= 4 is 17.3 Å². The largest absolute Gasteiger partial charge is 0.363 e. The lowest BCUT2D eigenvalue weighted by molar-refractivity contribution is -0.384. The second kappa shape index (κ2) is 6.49. The van der Waals surface area contributed by atoms with Gasteiger partial charge in [-0.1, -0.05) is 0 Å². The summed E-state index contributed by atoms with van der Waals surface area (Å²) in [6, 6.07) is 3.59. The first-order valence-corrected chi connectivity index (χ1v) is 6.63. The number of nitro groups is 1. The smallest absolute Gasteiger partial charge is 0.295 e. The molecule has 1 aromatic carbocycles. The average molecular weight is 296 g/mol. The number of carbonyl (C=O) groups excluding carboxylic acids is 1. The normalized spacial score (nSPS) is 15.8. The molecule has 0 bridgehead atoms. The number of carbonyl (C=O) groups is 1. The average Bonchev–Trinajstić information content (AvgIpc) is 2.48. The summed E-state index contributed by atoms with van der Waals surface area (Å²) in [5.74, 6) is -0.681. The fraction of sp³-hybridized carbons (Fsp3) is 0.462. The predicted molar refractivity (Wildman–Crippen MR) is 75.8 cm³/mol. The SMILES string of the molecule is CNC(=O)CN1CCN(c2ccc(F)cc2[N+](=O)[O-])CC1. The number of nitro benzene ring substituents is 1. The van der Waals surface area contributed by atoms with Gasteiger partial charge in [0.2, 0.25) is 5.91 Å². The number of anilines is 1. The molecule has 1 aliphatic heterocycles. The lowest BCUT2D eigenvalue weighted by Crippen LogP contribution is -2.49. The van der Waals surface area contributed by atoms with Crippen molar-refractivity contribution in [1.82, 2.24) is 10.2 Å². The molecule has 2 rings (SSSR count). The minimum atomic E-state index is -0.622. The number of halogens is 1. The molecule has 0 spiro atoms. The zero-order chi connectivity index (χ0) is 15.4. The zero-order valence-electron chi connectivity index (χ0n) is 11.7. The number of piperazine rings is 1.